The SMILES string of the molecule is C=C1NC(=O)N[C@H](c2ccccc2OCCC)[C@H]1C(=O)OCCc1ccccc1. The number of amides is 2. The van der Waals surface area contributed by atoms with Gasteiger partial charge in [0, 0.05) is 17.7 Å². The number of hydrogen-bond donors (Lipinski definition) is 2. The van der Waals surface area contributed by atoms with Crippen LogP contribution in [0, 0.1) is 5.92 Å². The van der Waals surface area contributed by atoms with Crippen molar-refractivity contribution in [1.29, 1.82) is 0 Å². The third kappa shape index (κ3) is 5.16. The highest BCUT2D eigenvalue weighted by molar-refractivity contribution is 5.85. The number of esters is 1. The van der Waals surface area contributed by atoms with Crippen molar-refractivity contribution < 1.29 is 19.1 Å². The lowest BCUT2D eigenvalue weighted by Gasteiger charge is -2.34. The Balaban J connectivity index is 1.76. The second kappa shape index (κ2) is 9.78. The van der Waals surface area contributed by atoms with Crippen molar-refractivity contribution in [2.45, 2.75) is 25.8 Å². The van der Waals surface area contributed by atoms with Crippen molar-refractivity contribution >= 4 is 12.0 Å². The second-order valence-corrected chi connectivity index (χ2v) is 6.87. The summed E-state index contributed by atoms with van der Waals surface area (Å²) >= 11 is 0. The number of urea groups is 1. The summed E-state index contributed by atoms with van der Waals surface area (Å²) in [7, 11) is 0. The van der Waals surface area contributed by atoms with Crippen molar-refractivity contribution in [3.05, 3.63) is 78.0 Å². The van der Waals surface area contributed by atoms with Crippen LogP contribution >= 0.6 is 0 Å². The topological polar surface area (TPSA) is 76.7 Å². The number of nitrogens with one attached hydrogen (secondary N) is 2. The summed E-state index contributed by atoms with van der Waals surface area (Å²) < 4.78 is 11.4. The molecule has 0 aromatic heterocycles. The van der Waals surface area contributed by atoms with Gasteiger partial charge in [-0.05, 0) is 18.1 Å². The van der Waals surface area contributed by atoms with E-state index in [1.807, 2.05) is 61.5 Å². The van der Waals surface area contributed by atoms with Gasteiger partial charge in [-0.15, -0.1) is 0 Å². The van der Waals surface area contributed by atoms with Gasteiger partial charge >= 0.3 is 12.0 Å². The third-order valence-corrected chi connectivity index (χ3v) is 4.72. The first-order valence-electron chi connectivity index (χ1n) is 9.78. The van der Waals surface area contributed by atoms with Gasteiger partial charge in [0.05, 0.1) is 19.3 Å². The van der Waals surface area contributed by atoms with Gasteiger partial charge in [-0.1, -0.05) is 62.0 Å². The molecule has 1 aliphatic heterocycles. The average molecular weight is 394 g/mol. The minimum atomic E-state index is -0.755. The number of para-hydroxylation sites is 1. The van der Waals surface area contributed by atoms with Crippen molar-refractivity contribution in [1.82, 2.24) is 10.6 Å². The van der Waals surface area contributed by atoms with Crippen LogP contribution in [-0.4, -0.2) is 25.2 Å². The van der Waals surface area contributed by atoms with Gasteiger partial charge in [-0.25, -0.2) is 4.79 Å². The molecule has 2 aromatic carbocycles. The van der Waals surface area contributed by atoms with E-state index in [2.05, 4.69) is 17.2 Å². The van der Waals surface area contributed by atoms with Gasteiger partial charge in [-0.2, -0.15) is 0 Å². The summed E-state index contributed by atoms with van der Waals surface area (Å²) in [6.07, 6.45) is 1.47. The summed E-state index contributed by atoms with van der Waals surface area (Å²) in [5.74, 6) is -0.556. The lowest BCUT2D eigenvalue weighted by atomic mass is 9.88. The molecule has 1 aliphatic rings. The Hall–Kier alpha value is -3.28. The molecule has 2 atom stereocenters. The fraction of sp³-hybridized carbons (Fsp3) is 0.304. The zero-order valence-corrected chi connectivity index (χ0v) is 16.5. The highest BCUT2D eigenvalue weighted by Gasteiger charge is 2.40. The first-order chi connectivity index (χ1) is 14.1. The Bertz CT molecular complexity index is 866. The maximum Gasteiger partial charge on any atom is 0.319 e. The summed E-state index contributed by atoms with van der Waals surface area (Å²) in [6, 6.07) is 16.2. The summed E-state index contributed by atoms with van der Waals surface area (Å²) in [6.45, 7) is 6.70. The lowest BCUT2D eigenvalue weighted by Crippen LogP contribution is -2.51. The molecule has 0 aliphatic carbocycles. The van der Waals surface area contributed by atoms with Crippen LogP contribution in [0.5, 0.6) is 5.75 Å². The molecule has 0 spiro atoms. The molecular weight excluding hydrogens is 368 g/mol. The van der Waals surface area contributed by atoms with E-state index < -0.39 is 24.0 Å². The first-order valence-corrected chi connectivity index (χ1v) is 9.78. The van der Waals surface area contributed by atoms with Gasteiger partial charge in [0.15, 0.2) is 0 Å². The third-order valence-electron chi connectivity index (χ3n) is 4.72. The number of carbonyl (C=O) groups is 2. The van der Waals surface area contributed by atoms with Crippen molar-refractivity contribution in [2.24, 2.45) is 5.92 Å². The number of rotatable bonds is 8. The number of benzene rings is 2. The summed E-state index contributed by atoms with van der Waals surface area (Å²) in [4.78, 5) is 25.0. The van der Waals surface area contributed by atoms with E-state index in [1.54, 1.807) is 0 Å². The largest absolute Gasteiger partial charge is 0.493 e. The molecule has 0 saturated carbocycles. The zero-order valence-electron chi connectivity index (χ0n) is 16.5. The Morgan fingerprint density at radius 3 is 2.55 bits per heavy atom. The molecule has 6 heteroatoms. The monoisotopic (exact) mass is 394 g/mol. The minimum absolute atomic E-state index is 0.251. The Kier molecular flexibility index (Phi) is 6.89. The van der Waals surface area contributed by atoms with Gasteiger partial charge < -0.3 is 20.1 Å². The molecule has 152 valence electrons. The predicted molar refractivity (Wildman–Crippen MR) is 110 cm³/mol. The molecule has 29 heavy (non-hydrogen) atoms. The molecule has 1 heterocycles. The van der Waals surface area contributed by atoms with Gasteiger partial charge in [0.1, 0.15) is 11.7 Å². The first kappa shape index (κ1) is 20.5. The summed E-state index contributed by atoms with van der Waals surface area (Å²) in [5, 5.41) is 5.42. The molecule has 1 fully saturated rings. The van der Waals surface area contributed by atoms with Crippen molar-refractivity contribution in [2.75, 3.05) is 13.2 Å². The van der Waals surface area contributed by atoms with Crippen LogP contribution in [-0.2, 0) is 16.0 Å². The Morgan fingerprint density at radius 2 is 1.79 bits per heavy atom. The summed E-state index contributed by atoms with van der Waals surface area (Å²) in [5.41, 5.74) is 2.12. The van der Waals surface area contributed by atoms with Crippen LogP contribution in [0.4, 0.5) is 4.79 Å². The quantitative estimate of drug-likeness (QED) is 0.669. The maximum atomic E-state index is 12.9. The Morgan fingerprint density at radius 1 is 1.07 bits per heavy atom. The predicted octanol–water partition coefficient (Wildman–Crippen LogP) is 3.75. The second-order valence-electron chi connectivity index (χ2n) is 6.87. The zero-order chi connectivity index (χ0) is 20.6. The van der Waals surface area contributed by atoms with E-state index in [-0.39, 0.29) is 6.61 Å². The van der Waals surface area contributed by atoms with Crippen LogP contribution in [0.3, 0.4) is 0 Å². The van der Waals surface area contributed by atoms with Crippen LogP contribution in [0.2, 0.25) is 0 Å². The maximum absolute atomic E-state index is 12.9. The van der Waals surface area contributed by atoms with Crippen LogP contribution in [0.15, 0.2) is 66.9 Å². The molecule has 2 N–H and O–H groups in total. The van der Waals surface area contributed by atoms with Crippen LogP contribution < -0.4 is 15.4 Å². The molecule has 0 bridgehead atoms. The lowest BCUT2D eigenvalue weighted by molar-refractivity contribution is -0.148. The van der Waals surface area contributed by atoms with Crippen LogP contribution in [0.1, 0.15) is 30.5 Å². The van der Waals surface area contributed by atoms with Gasteiger partial charge in [0.25, 0.3) is 0 Å². The van der Waals surface area contributed by atoms with Gasteiger partial charge in [-0.3, -0.25) is 4.79 Å². The fourth-order valence-electron chi connectivity index (χ4n) is 3.31. The van der Waals surface area contributed by atoms with E-state index in [0.717, 1.165) is 17.5 Å². The number of carbonyl (C=O) groups excluding carboxylic acids is 2. The highest BCUT2D eigenvalue weighted by atomic mass is 16.5. The van der Waals surface area contributed by atoms with E-state index in [4.69, 9.17) is 9.47 Å². The van der Waals surface area contributed by atoms with Crippen molar-refractivity contribution in [3.63, 3.8) is 0 Å². The standard InChI is InChI=1S/C23H26N2O4/c1-3-14-28-19-12-8-7-11-18(19)21-20(16(2)24-23(27)25-21)22(26)29-15-13-17-9-5-4-6-10-17/h4-12,20-21H,2-3,13-15H2,1H3,(H2,24,25,27)/t20-,21+/m0/s1. The fourth-order valence-corrected chi connectivity index (χ4v) is 3.31. The minimum Gasteiger partial charge on any atom is -0.493 e. The number of hydrogen-bond acceptors (Lipinski definition) is 4. The molecular formula is C23H26N2O4. The van der Waals surface area contributed by atoms with E-state index in [1.165, 1.54) is 0 Å². The molecule has 2 amide bonds. The van der Waals surface area contributed by atoms with E-state index in [0.29, 0.717) is 24.5 Å². The number of ether oxygens (including phenoxy) is 2. The molecule has 1 saturated heterocycles. The Labute approximate surface area is 170 Å². The van der Waals surface area contributed by atoms with Crippen LogP contribution in [0.25, 0.3) is 0 Å². The van der Waals surface area contributed by atoms with Crippen molar-refractivity contribution in [3.8, 4) is 5.75 Å². The van der Waals surface area contributed by atoms with E-state index >= 15 is 0 Å². The molecule has 3 rings (SSSR count). The van der Waals surface area contributed by atoms with E-state index in [9.17, 15) is 9.59 Å². The molecule has 0 unspecified atom stereocenters. The van der Waals surface area contributed by atoms with Gasteiger partial charge in [0.2, 0.25) is 0 Å². The average Bonchev–Trinajstić information content (AvgIpc) is 2.72. The normalized spacial score (nSPS) is 18.5. The molecule has 0 radical (unpaired) electrons. The highest BCUT2D eigenvalue weighted by Crippen LogP contribution is 2.35. The smallest absolute Gasteiger partial charge is 0.319 e. The molecule has 6 nitrogen and oxygen atoms in total. The molecule has 2 aromatic rings.